The van der Waals surface area contributed by atoms with Crippen molar-refractivity contribution in [1.82, 2.24) is 10.6 Å². The van der Waals surface area contributed by atoms with Gasteiger partial charge in [0.05, 0.1) is 25.0 Å². The predicted molar refractivity (Wildman–Crippen MR) is 82.5 cm³/mol. The molecule has 0 spiro atoms. The molecule has 0 amide bonds. The molecule has 4 aliphatic heterocycles. The van der Waals surface area contributed by atoms with Gasteiger partial charge in [0.1, 0.15) is 0 Å². The Balaban J connectivity index is 1.20. The topological polar surface area (TPSA) is 76.7 Å². The molecule has 6 nitrogen and oxygen atoms in total. The van der Waals surface area contributed by atoms with Gasteiger partial charge in [-0.25, -0.2) is 0 Å². The molecular formula is C17H26N2O4. The molecule has 2 N–H and O–H groups in total. The zero-order valence-electron chi connectivity index (χ0n) is 13.8. The van der Waals surface area contributed by atoms with Crippen molar-refractivity contribution < 1.29 is 19.1 Å². The van der Waals surface area contributed by atoms with Crippen molar-refractivity contribution in [2.45, 2.75) is 38.8 Å². The highest BCUT2D eigenvalue weighted by molar-refractivity contribution is 5.76. The second kappa shape index (κ2) is 5.45. The van der Waals surface area contributed by atoms with Crippen LogP contribution in [0.1, 0.15) is 26.7 Å². The Morgan fingerprint density at radius 2 is 1.35 bits per heavy atom. The van der Waals surface area contributed by atoms with Crippen molar-refractivity contribution in [1.29, 1.82) is 0 Å². The first-order chi connectivity index (χ1) is 10.9. The number of carbonyl (C=O) groups excluding carboxylic acids is 2. The molecule has 4 heterocycles. The SMILES string of the molecule is CC(C)(COC(=O)C1C2CNC1C2)COC(=O)C1C2CNC1C2. The fourth-order valence-corrected chi connectivity index (χ4v) is 4.43. The summed E-state index contributed by atoms with van der Waals surface area (Å²) in [6.07, 6.45) is 2.19. The summed E-state index contributed by atoms with van der Waals surface area (Å²) in [7, 11) is 0. The second-order valence-electron chi connectivity index (χ2n) is 8.45. The first-order valence-corrected chi connectivity index (χ1v) is 8.75. The third-order valence-electron chi connectivity index (χ3n) is 6.04. The van der Waals surface area contributed by atoms with Crippen LogP contribution in [0.4, 0.5) is 0 Å². The summed E-state index contributed by atoms with van der Waals surface area (Å²) in [6.45, 7) is 6.39. The minimum absolute atomic E-state index is 0.0324. The van der Waals surface area contributed by atoms with Crippen LogP contribution in [0.3, 0.4) is 0 Å². The monoisotopic (exact) mass is 322 g/mol. The average Bonchev–Trinajstić information content (AvgIpc) is 3.21. The summed E-state index contributed by atoms with van der Waals surface area (Å²) in [4.78, 5) is 24.3. The maximum absolute atomic E-state index is 12.2. The van der Waals surface area contributed by atoms with Gasteiger partial charge in [0.2, 0.25) is 0 Å². The van der Waals surface area contributed by atoms with Crippen LogP contribution in [0, 0.1) is 29.1 Å². The molecule has 4 saturated heterocycles. The Morgan fingerprint density at radius 3 is 1.65 bits per heavy atom. The minimum Gasteiger partial charge on any atom is -0.465 e. The number of fused-ring (bicyclic) bond motifs is 2. The Kier molecular flexibility index (Phi) is 3.65. The van der Waals surface area contributed by atoms with Crippen LogP contribution in [-0.2, 0) is 19.1 Å². The maximum Gasteiger partial charge on any atom is 0.310 e. The molecule has 6 aliphatic rings. The lowest BCUT2D eigenvalue weighted by Crippen LogP contribution is -2.45. The van der Waals surface area contributed by atoms with Crippen molar-refractivity contribution in [3.05, 3.63) is 0 Å². The highest BCUT2D eigenvalue weighted by atomic mass is 16.5. The third-order valence-corrected chi connectivity index (χ3v) is 6.04. The van der Waals surface area contributed by atoms with Crippen LogP contribution < -0.4 is 10.6 Å². The van der Waals surface area contributed by atoms with E-state index in [0.717, 1.165) is 25.9 Å². The highest BCUT2D eigenvalue weighted by Crippen LogP contribution is 2.42. The molecule has 6 rings (SSSR count). The van der Waals surface area contributed by atoms with Crippen LogP contribution in [0.15, 0.2) is 0 Å². The van der Waals surface area contributed by atoms with Gasteiger partial charge < -0.3 is 20.1 Å². The van der Waals surface area contributed by atoms with E-state index in [9.17, 15) is 9.59 Å². The maximum atomic E-state index is 12.2. The smallest absolute Gasteiger partial charge is 0.310 e. The summed E-state index contributed by atoms with van der Waals surface area (Å²) in [5.74, 6) is 0.772. The second-order valence-corrected chi connectivity index (χ2v) is 8.45. The van der Waals surface area contributed by atoms with Crippen molar-refractivity contribution in [2.24, 2.45) is 29.1 Å². The Labute approximate surface area is 136 Å². The van der Waals surface area contributed by atoms with E-state index in [-0.39, 0.29) is 29.2 Å². The lowest BCUT2D eigenvalue weighted by Gasteiger charge is -2.34. The summed E-state index contributed by atoms with van der Waals surface area (Å²) in [6, 6.07) is 0.630. The lowest BCUT2D eigenvalue weighted by atomic mass is 9.74. The first-order valence-electron chi connectivity index (χ1n) is 8.75. The fourth-order valence-electron chi connectivity index (χ4n) is 4.43. The average molecular weight is 322 g/mol. The standard InChI is InChI=1S/C17H26N2O4/c1-17(2,7-22-15(20)13-9-3-11(13)18-5-9)8-23-16(21)14-10-4-12(14)19-6-10/h9-14,18-19H,3-8H2,1-2H3. The number of rotatable bonds is 6. The van der Waals surface area contributed by atoms with E-state index in [1.165, 1.54) is 0 Å². The molecule has 23 heavy (non-hydrogen) atoms. The van der Waals surface area contributed by atoms with Gasteiger partial charge in [0, 0.05) is 17.5 Å². The van der Waals surface area contributed by atoms with E-state index in [1.807, 2.05) is 13.8 Å². The van der Waals surface area contributed by atoms with Crippen LogP contribution in [0.2, 0.25) is 0 Å². The van der Waals surface area contributed by atoms with E-state index in [2.05, 4.69) is 10.6 Å². The molecule has 4 bridgehead atoms. The molecule has 0 radical (unpaired) electrons. The van der Waals surface area contributed by atoms with Crippen molar-refractivity contribution >= 4 is 11.9 Å². The van der Waals surface area contributed by atoms with E-state index in [4.69, 9.17) is 9.47 Å². The summed E-state index contributed by atoms with van der Waals surface area (Å²) in [5, 5.41) is 6.65. The number of esters is 2. The quantitative estimate of drug-likeness (QED) is 0.686. The number of ether oxygens (including phenoxy) is 2. The Bertz CT molecular complexity index is 449. The van der Waals surface area contributed by atoms with E-state index >= 15 is 0 Å². The number of hydrogen-bond donors (Lipinski definition) is 2. The Morgan fingerprint density at radius 1 is 0.913 bits per heavy atom. The van der Waals surface area contributed by atoms with Gasteiger partial charge in [-0.3, -0.25) is 9.59 Å². The van der Waals surface area contributed by atoms with Gasteiger partial charge in [0.15, 0.2) is 0 Å². The predicted octanol–water partition coefficient (Wildman–Crippen LogP) is 0.315. The fraction of sp³-hybridized carbons (Fsp3) is 0.882. The highest BCUT2D eigenvalue weighted by Gasteiger charge is 2.52. The van der Waals surface area contributed by atoms with Crippen molar-refractivity contribution in [3.63, 3.8) is 0 Å². The molecule has 6 heteroatoms. The molecular weight excluding hydrogens is 296 g/mol. The number of hydrogen-bond acceptors (Lipinski definition) is 6. The first kappa shape index (κ1) is 15.4. The van der Waals surface area contributed by atoms with E-state index in [0.29, 0.717) is 37.1 Å². The molecule has 6 unspecified atom stereocenters. The minimum atomic E-state index is -0.349. The van der Waals surface area contributed by atoms with E-state index < -0.39 is 0 Å². The normalized spacial score (nSPS) is 40.3. The number of carbonyl (C=O) groups is 2. The third kappa shape index (κ3) is 2.66. The summed E-state index contributed by atoms with van der Waals surface area (Å²) in [5.41, 5.74) is -0.349. The number of nitrogens with one attached hydrogen (secondary N) is 2. The van der Waals surface area contributed by atoms with Gasteiger partial charge in [-0.1, -0.05) is 13.8 Å². The molecule has 2 saturated carbocycles. The van der Waals surface area contributed by atoms with Crippen LogP contribution >= 0.6 is 0 Å². The zero-order chi connectivity index (χ0) is 16.2. The largest absolute Gasteiger partial charge is 0.465 e. The molecule has 2 aliphatic carbocycles. The summed E-state index contributed by atoms with van der Waals surface area (Å²) < 4.78 is 11.0. The summed E-state index contributed by atoms with van der Waals surface area (Å²) >= 11 is 0. The van der Waals surface area contributed by atoms with Gasteiger partial charge in [0.25, 0.3) is 0 Å². The van der Waals surface area contributed by atoms with Gasteiger partial charge in [-0.2, -0.15) is 0 Å². The zero-order valence-corrected chi connectivity index (χ0v) is 13.8. The van der Waals surface area contributed by atoms with Crippen LogP contribution in [-0.4, -0.2) is 50.3 Å². The van der Waals surface area contributed by atoms with Crippen molar-refractivity contribution in [2.75, 3.05) is 26.3 Å². The van der Waals surface area contributed by atoms with Gasteiger partial charge >= 0.3 is 11.9 Å². The molecule has 0 aromatic heterocycles. The van der Waals surface area contributed by atoms with Gasteiger partial charge in [-0.15, -0.1) is 0 Å². The van der Waals surface area contributed by atoms with Crippen molar-refractivity contribution in [3.8, 4) is 0 Å². The molecule has 0 aromatic carbocycles. The lowest BCUT2D eigenvalue weighted by molar-refractivity contribution is -0.162. The molecule has 0 aromatic rings. The molecule has 6 fully saturated rings. The van der Waals surface area contributed by atoms with E-state index in [1.54, 1.807) is 0 Å². The van der Waals surface area contributed by atoms with Crippen LogP contribution in [0.25, 0.3) is 0 Å². The molecule has 128 valence electrons. The Hall–Kier alpha value is -1.14. The molecule has 6 atom stereocenters. The van der Waals surface area contributed by atoms with Gasteiger partial charge in [-0.05, 0) is 37.8 Å². The van der Waals surface area contributed by atoms with Crippen LogP contribution in [0.5, 0.6) is 0 Å².